The van der Waals surface area contributed by atoms with Crippen molar-refractivity contribution in [1.29, 1.82) is 5.26 Å². The van der Waals surface area contributed by atoms with E-state index in [1.165, 1.54) is 12.1 Å². The Morgan fingerprint density at radius 3 is 2.93 bits per heavy atom. The van der Waals surface area contributed by atoms with Gasteiger partial charge >= 0.3 is 0 Å². The van der Waals surface area contributed by atoms with Gasteiger partial charge in [-0.15, -0.1) is 5.92 Å². The zero-order valence-electron chi connectivity index (χ0n) is 7.67. The SMILES string of the molecule is CC#CCOc1cccc(F)c1C#N. The van der Waals surface area contributed by atoms with E-state index in [-0.39, 0.29) is 17.9 Å². The highest BCUT2D eigenvalue weighted by Gasteiger charge is 2.07. The fourth-order valence-electron chi connectivity index (χ4n) is 0.919. The summed E-state index contributed by atoms with van der Waals surface area (Å²) in [7, 11) is 0. The minimum Gasteiger partial charge on any atom is -0.479 e. The van der Waals surface area contributed by atoms with Crippen LogP contribution in [0.3, 0.4) is 0 Å². The summed E-state index contributed by atoms with van der Waals surface area (Å²) in [6.07, 6.45) is 0. The molecule has 0 aliphatic carbocycles. The van der Waals surface area contributed by atoms with Crippen LogP contribution in [0.2, 0.25) is 0 Å². The minimum absolute atomic E-state index is 0.0783. The smallest absolute Gasteiger partial charge is 0.149 e. The molecule has 0 radical (unpaired) electrons. The lowest BCUT2D eigenvalue weighted by Crippen LogP contribution is -1.97. The van der Waals surface area contributed by atoms with Crippen LogP contribution < -0.4 is 4.74 Å². The van der Waals surface area contributed by atoms with Crippen molar-refractivity contribution in [3.8, 4) is 23.7 Å². The standard InChI is InChI=1S/C11H8FNO/c1-2-3-7-14-11-6-4-5-10(12)9(11)8-13/h4-6H,7H2,1H3. The van der Waals surface area contributed by atoms with Gasteiger partial charge in [0, 0.05) is 0 Å². The molecule has 2 nitrogen and oxygen atoms in total. The third-order valence-electron chi connectivity index (χ3n) is 1.56. The summed E-state index contributed by atoms with van der Waals surface area (Å²) in [6, 6.07) is 5.99. The van der Waals surface area contributed by atoms with E-state index in [4.69, 9.17) is 10.00 Å². The van der Waals surface area contributed by atoms with E-state index < -0.39 is 5.82 Å². The molecule has 0 saturated carbocycles. The van der Waals surface area contributed by atoms with Gasteiger partial charge in [0.25, 0.3) is 0 Å². The molecule has 1 rings (SSSR count). The number of nitrogens with zero attached hydrogens (tertiary/aromatic N) is 1. The monoisotopic (exact) mass is 189 g/mol. The van der Waals surface area contributed by atoms with E-state index in [9.17, 15) is 4.39 Å². The Morgan fingerprint density at radius 2 is 2.29 bits per heavy atom. The van der Waals surface area contributed by atoms with Crippen LogP contribution in [0.25, 0.3) is 0 Å². The number of hydrogen-bond donors (Lipinski definition) is 0. The Morgan fingerprint density at radius 1 is 1.50 bits per heavy atom. The van der Waals surface area contributed by atoms with Crippen molar-refractivity contribution in [1.82, 2.24) is 0 Å². The van der Waals surface area contributed by atoms with Crippen molar-refractivity contribution >= 4 is 0 Å². The zero-order valence-corrected chi connectivity index (χ0v) is 7.67. The second-order valence-corrected chi connectivity index (χ2v) is 2.44. The minimum atomic E-state index is -0.575. The van der Waals surface area contributed by atoms with Crippen LogP contribution in [-0.4, -0.2) is 6.61 Å². The fraction of sp³-hybridized carbons (Fsp3) is 0.182. The number of rotatable bonds is 2. The van der Waals surface area contributed by atoms with Gasteiger partial charge in [-0.1, -0.05) is 12.0 Å². The molecule has 0 aromatic heterocycles. The van der Waals surface area contributed by atoms with E-state index in [0.29, 0.717) is 0 Å². The van der Waals surface area contributed by atoms with Gasteiger partial charge in [0.2, 0.25) is 0 Å². The molecular formula is C11H8FNO. The number of hydrogen-bond acceptors (Lipinski definition) is 2. The van der Waals surface area contributed by atoms with Crippen LogP contribution in [0.1, 0.15) is 12.5 Å². The quantitative estimate of drug-likeness (QED) is 0.667. The summed E-state index contributed by atoms with van der Waals surface area (Å²) in [4.78, 5) is 0. The average Bonchev–Trinajstić information content (AvgIpc) is 2.18. The van der Waals surface area contributed by atoms with E-state index in [1.54, 1.807) is 19.1 Å². The molecule has 0 spiro atoms. The molecule has 0 fully saturated rings. The first-order valence-electron chi connectivity index (χ1n) is 4.00. The third kappa shape index (κ3) is 2.24. The van der Waals surface area contributed by atoms with Crippen LogP contribution in [0.15, 0.2) is 18.2 Å². The molecule has 14 heavy (non-hydrogen) atoms. The topological polar surface area (TPSA) is 33.0 Å². The van der Waals surface area contributed by atoms with Gasteiger partial charge in [-0.05, 0) is 19.1 Å². The summed E-state index contributed by atoms with van der Waals surface area (Å²) in [5.41, 5.74) is -0.0783. The fourth-order valence-corrected chi connectivity index (χ4v) is 0.919. The molecule has 0 atom stereocenters. The number of ether oxygens (including phenoxy) is 1. The first-order valence-corrected chi connectivity index (χ1v) is 4.00. The summed E-state index contributed by atoms with van der Waals surface area (Å²) >= 11 is 0. The molecule has 0 unspecified atom stereocenters. The number of benzene rings is 1. The van der Waals surface area contributed by atoms with E-state index in [0.717, 1.165) is 0 Å². The lowest BCUT2D eigenvalue weighted by Gasteiger charge is -2.03. The van der Waals surface area contributed by atoms with Crippen LogP contribution in [0.4, 0.5) is 4.39 Å². The van der Waals surface area contributed by atoms with Gasteiger partial charge in [-0.25, -0.2) is 4.39 Å². The highest BCUT2D eigenvalue weighted by atomic mass is 19.1. The predicted molar refractivity (Wildman–Crippen MR) is 50.1 cm³/mol. The molecule has 0 aliphatic heterocycles. The van der Waals surface area contributed by atoms with Gasteiger partial charge in [-0.3, -0.25) is 0 Å². The highest BCUT2D eigenvalue weighted by Crippen LogP contribution is 2.19. The van der Waals surface area contributed by atoms with Gasteiger partial charge < -0.3 is 4.74 Å². The van der Waals surface area contributed by atoms with E-state index >= 15 is 0 Å². The second kappa shape index (κ2) is 4.89. The summed E-state index contributed by atoms with van der Waals surface area (Å²) in [5.74, 6) is 4.96. The van der Waals surface area contributed by atoms with Crippen LogP contribution in [0.5, 0.6) is 5.75 Å². The Bertz CT molecular complexity index is 423. The maximum absolute atomic E-state index is 13.0. The highest BCUT2D eigenvalue weighted by molar-refractivity contribution is 5.43. The lowest BCUT2D eigenvalue weighted by atomic mass is 10.2. The zero-order chi connectivity index (χ0) is 10.4. The maximum atomic E-state index is 13.0. The molecule has 0 amide bonds. The largest absolute Gasteiger partial charge is 0.479 e. The first kappa shape index (κ1) is 10.1. The van der Waals surface area contributed by atoms with E-state index in [1.807, 2.05) is 0 Å². The predicted octanol–water partition coefficient (Wildman–Crippen LogP) is 2.10. The van der Waals surface area contributed by atoms with Crippen LogP contribution in [-0.2, 0) is 0 Å². The van der Waals surface area contributed by atoms with Crippen molar-refractivity contribution in [2.24, 2.45) is 0 Å². The van der Waals surface area contributed by atoms with Crippen molar-refractivity contribution < 1.29 is 9.13 Å². The molecule has 0 aliphatic rings. The van der Waals surface area contributed by atoms with Crippen molar-refractivity contribution in [2.45, 2.75) is 6.92 Å². The maximum Gasteiger partial charge on any atom is 0.149 e. The number of nitriles is 1. The second-order valence-electron chi connectivity index (χ2n) is 2.44. The Labute approximate surface area is 81.9 Å². The van der Waals surface area contributed by atoms with Gasteiger partial charge in [0.1, 0.15) is 29.8 Å². The van der Waals surface area contributed by atoms with Gasteiger partial charge in [-0.2, -0.15) is 5.26 Å². The lowest BCUT2D eigenvalue weighted by molar-refractivity contribution is 0.366. The van der Waals surface area contributed by atoms with Gasteiger partial charge in [0.15, 0.2) is 0 Å². The molecule has 0 N–H and O–H groups in total. The van der Waals surface area contributed by atoms with E-state index in [2.05, 4.69) is 11.8 Å². The Kier molecular flexibility index (Phi) is 3.52. The first-order chi connectivity index (χ1) is 6.79. The summed E-state index contributed by atoms with van der Waals surface area (Å²) < 4.78 is 18.1. The normalized spacial score (nSPS) is 8.36. The third-order valence-corrected chi connectivity index (χ3v) is 1.56. The molecule has 1 aromatic rings. The molecule has 70 valence electrons. The molecule has 1 aromatic carbocycles. The summed E-state index contributed by atoms with van der Waals surface area (Å²) in [6.45, 7) is 1.84. The van der Waals surface area contributed by atoms with Crippen LogP contribution in [0, 0.1) is 29.0 Å². The Hall–Kier alpha value is -2.00. The molecule has 3 heteroatoms. The average molecular weight is 189 g/mol. The van der Waals surface area contributed by atoms with Crippen molar-refractivity contribution in [2.75, 3.05) is 6.61 Å². The molecule has 0 bridgehead atoms. The summed E-state index contributed by atoms with van der Waals surface area (Å²) in [5, 5.41) is 8.65. The molecule has 0 heterocycles. The molecular weight excluding hydrogens is 181 g/mol. The van der Waals surface area contributed by atoms with Gasteiger partial charge in [0.05, 0.1) is 0 Å². The molecule has 0 saturated heterocycles. The van der Waals surface area contributed by atoms with Crippen molar-refractivity contribution in [3.63, 3.8) is 0 Å². The Balaban J connectivity index is 2.90. The van der Waals surface area contributed by atoms with Crippen molar-refractivity contribution in [3.05, 3.63) is 29.6 Å². The van der Waals surface area contributed by atoms with Crippen LogP contribution >= 0.6 is 0 Å². The number of halogens is 1.